The Morgan fingerprint density at radius 1 is 0.857 bits per heavy atom. The molecule has 9 nitrogen and oxygen atoms in total. The number of hydrogen-bond donors (Lipinski definition) is 0. The molecule has 6 aromatic rings. The Morgan fingerprint density at radius 2 is 1.71 bits per heavy atom. The fraction of sp³-hybridized carbons (Fsp3) is 0.0769. The van der Waals surface area contributed by atoms with Gasteiger partial charge in [0.05, 0.1) is 28.4 Å². The van der Waals surface area contributed by atoms with E-state index < -0.39 is 0 Å². The Balaban J connectivity index is 1.50. The van der Waals surface area contributed by atoms with Crippen LogP contribution in [-0.2, 0) is 0 Å². The molecule has 0 saturated heterocycles. The lowest BCUT2D eigenvalue weighted by molar-refractivity contribution is 0.402. The molecule has 0 radical (unpaired) electrons. The van der Waals surface area contributed by atoms with Crippen molar-refractivity contribution in [2.24, 2.45) is 0 Å². The summed E-state index contributed by atoms with van der Waals surface area (Å²) in [6, 6.07) is 17.7. The van der Waals surface area contributed by atoms with E-state index in [0.717, 1.165) is 33.6 Å². The third-order valence-corrected chi connectivity index (χ3v) is 6.18. The molecule has 6 heterocycles. The van der Waals surface area contributed by atoms with Gasteiger partial charge in [0.25, 0.3) is 0 Å². The zero-order chi connectivity index (χ0) is 23.4. The minimum absolute atomic E-state index is 0.231. The molecular formula is C26H18N8O. The first-order chi connectivity index (χ1) is 17.3. The van der Waals surface area contributed by atoms with Gasteiger partial charge in [-0.25, -0.2) is 19.2 Å². The van der Waals surface area contributed by atoms with Crippen LogP contribution in [0, 0.1) is 6.92 Å². The number of para-hydroxylation sites is 1. The zero-order valence-electron chi connectivity index (χ0n) is 18.6. The van der Waals surface area contributed by atoms with E-state index in [-0.39, 0.29) is 5.92 Å². The highest BCUT2D eigenvalue weighted by Gasteiger charge is 2.38. The minimum Gasteiger partial charge on any atom is -0.420 e. The highest BCUT2D eigenvalue weighted by atomic mass is 16.5. The Kier molecular flexibility index (Phi) is 4.22. The quantitative estimate of drug-likeness (QED) is 0.388. The van der Waals surface area contributed by atoms with Crippen LogP contribution in [0.5, 0.6) is 11.8 Å². The van der Waals surface area contributed by atoms with E-state index in [2.05, 4.69) is 26.1 Å². The van der Waals surface area contributed by atoms with Crippen LogP contribution >= 0.6 is 0 Å². The molecule has 0 aliphatic carbocycles. The summed E-state index contributed by atoms with van der Waals surface area (Å²) in [5.74, 6) is 1.48. The van der Waals surface area contributed by atoms with E-state index in [1.54, 1.807) is 29.4 Å². The molecule has 1 aromatic carbocycles. The van der Waals surface area contributed by atoms with E-state index in [4.69, 9.17) is 14.8 Å². The van der Waals surface area contributed by atoms with Gasteiger partial charge in [0, 0.05) is 30.4 Å². The van der Waals surface area contributed by atoms with E-state index in [1.807, 2.05) is 66.3 Å². The Bertz CT molecular complexity index is 1680. The van der Waals surface area contributed by atoms with Crippen LogP contribution in [-0.4, -0.2) is 39.3 Å². The monoisotopic (exact) mass is 458 g/mol. The number of rotatable bonds is 3. The number of benzene rings is 1. The number of nitrogens with zero attached hydrogens (tertiary/aromatic N) is 8. The summed E-state index contributed by atoms with van der Waals surface area (Å²) in [4.78, 5) is 18.0. The zero-order valence-corrected chi connectivity index (χ0v) is 18.6. The van der Waals surface area contributed by atoms with Crippen molar-refractivity contribution in [3.05, 3.63) is 108 Å². The van der Waals surface area contributed by atoms with Gasteiger partial charge in [-0.05, 0) is 42.8 Å². The first kappa shape index (κ1) is 19.5. The van der Waals surface area contributed by atoms with E-state index in [1.165, 1.54) is 0 Å². The number of fused-ring (bicyclic) bond motifs is 4. The number of aromatic nitrogens is 8. The SMILES string of the molecule is Cc1nn(-c2ccccc2)c2c1[C@@H](c1cccnc1)c1c(ncn3nc(-c4ccncc4)nc13)O2. The standard InChI is InChI=1S/C26H18N8O/c1-16-20-21(18-6-5-11-28-14-18)22-24-30-23(17-9-12-27-13-10-17)32-33(24)15-29-25(22)35-26(20)34(31-16)19-7-3-2-4-8-19/h2-15,21H,1H3/t21-/m1/s1. The summed E-state index contributed by atoms with van der Waals surface area (Å²) in [6.45, 7) is 2.00. The Labute approximate surface area is 199 Å². The van der Waals surface area contributed by atoms with Crippen LogP contribution in [0.1, 0.15) is 28.3 Å². The summed E-state index contributed by atoms with van der Waals surface area (Å²) in [6.07, 6.45) is 8.72. The largest absolute Gasteiger partial charge is 0.420 e. The minimum atomic E-state index is -0.231. The van der Waals surface area contributed by atoms with Gasteiger partial charge in [-0.3, -0.25) is 9.97 Å². The molecule has 35 heavy (non-hydrogen) atoms. The number of aryl methyl sites for hydroxylation is 1. The van der Waals surface area contributed by atoms with Gasteiger partial charge in [0.2, 0.25) is 11.8 Å². The average molecular weight is 458 g/mol. The molecule has 0 unspecified atom stereocenters. The van der Waals surface area contributed by atoms with Crippen LogP contribution in [0.2, 0.25) is 0 Å². The second kappa shape index (κ2) is 7.56. The molecule has 5 aromatic heterocycles. The van der Waals surface area contributed by atoms with Crippen LogP contribution in [0.4, 0.5) is 0 Å². The lowest BCUT2D eigenvalue weighted by Gasteiger charge is -2.26. The summed E-state index contributed by atoms with van der Waals surface area (Å²) in [5.41, 5.74) is 6.11. The van der Waals surface area contributed by atoms with Gasteiger partial charge in [-0.2, -0.15) is 5.10 Å². The lowest BCUT2D eigenvalue weighted by atomic mass is 9.85. The molecule has 1 aliphatic heterocycles. The van der Waals surface area contributed by atoms with Crippen LogP contribution < -0.4 is 4.74 Å². The van der Waals surface area contributed by atoms with Crippen molar-refractivity contribution in [3.8, 4) is 28.8 Å². The second-order valence-corrected chi connectivity index (χ2v) is 8.28. The highest BCUT2D eigenvalue weighted by molar-refractivity contribution is 5.68. The second-order valence-electron chi connectivity index (χ2n) is 8.28. The van der Waals surface area contributed by atoms with Crippen molar-refractivity contribution in [2.45, 2.75) is 12.8 Å². The lowest BCUT2D eigenvalue weighted by Crippen LogP contribution is -2.16. The van der Waals surface area contributed by atoms with Crippen LogP contribution in [0.25, 0.3) is 22.7 Å². The predicted octanol–water partition coefficient (Wildman–Crippen LogP) is 4.36. The van der Waals surface area contributed by atoms with Crippen molar-refractivity contribution < 1.29 is 4.74 Å². The van der Waals surface area contributed by atoms with Crippen LogP contribution in [0.3, 0.4) is 0 Å². The predicted molar refractivity (Wildman–Crippen MR) is 128 cm³/mol. The molecule has 1 aliphatic rings. The van der Waals surface area contributed by atoms with E-state index in [0.29, 0.717) is 23.2 Å². The maximum absolute atomic E-state index is 6.44. The normalized spacial score (nSPS) is 14.4. The first-order valence-corrected chi connectivity index (χ1v) is 11.2. The Hall–Kier alpha value is -4.92. The van der Waals surface area contributed by atoms with Gasteiger partial charge in [0.15, 0.2) is 11.5 Å². The molecule has 0 bridgehead atoms. The van der Waals surface area contributed by atoms with Crippen molar-refractivity contribution in [2.75, 3.05) is 0 Å². The molecule has 0 N–H and O–H groups in total. The molecule has 0 fully saturated rings. The summed E-state index contributed by atoms with van der Waals surface area (Å²) in [7, 11) is 0. The van der Waals surface area contributed by atoms with Gasteiger partial charge in [0.1, 0.15) is 6.33 Å². The van der Waals surface area contributed by atoms with Gasteiger partial charge < -0.3 is 4.74 Å². The maximum atomic E-state index is 6.44. The molecule has 0 spiro atoms. The van der Waals surface area contributed by atoms with Gasteiger partial charge >= 0.3 is 0 Å². The molecule has 168 valence electrons. The third kappa shape index (κ3) is 3.02. The van der Waals surface area contributed by atoms with Crippen molar-refractivity contribution in [1.82, 2.24) is 39.3 Å². The van der Waals surface area contributed by atoms with Crippen molar-refractivity contribution in [3.63, 3.8) is 0 Å². The molecular weight excluding hydrogens is 440 g/mol. The average Bonchev–Trinajstić information content (AvgIpc) is 3.50. The van der Waals surface area contributed by atoms with Gasteiger partial charge in [-0.1, -0.05) is 24.3 Å². The van der Waals surface area contributed by atoms with E-state index >= 15 is 0 Å². The van der Waals surface area contributed by atoms with E-state index in [9.17, 15) is 0 Å². The molecule has 0 saturated carbocycles. The summed E-state index contributed by atoms with van der Waals surface area (Å²) < 4.78 is 9.96. The maximum Gasteiger partial charge on any atom is 0.230 e. The molecule has 1 atom stereocenters. The summed E-state index contributed by atoms with van der Waals surface area (Å²) >= 11 is 0. The third-order valence-electron chi connectivity index (χ3n) is 6.18. The number of ether oxygens (including phenoxy) is 1. The number of pyridine rings is 2. The summed E-state index contributed by atoms with van der Waals surface area (Å²) in [5, 5.41) is 9.52. The molecule has 7 rings (SSSR count). The molecule has 9 heteroatoms. The molecule has 0 amide bonds. The smallest absolute Gasteiger partial charge is 0.230 e. The van der Waals surface area contributed by atoms with Crippen molar-refractivity contribution in [1.29, 1.82) is 0 Å². The van der Waals surface area contributed by atoms with Gasteiger partial charge in [-0.15, -0.1) is 5.10 Å². The Morgan fingerprint density at radius 3 is 2.51 bits per heavy atom. The van der Waals surface area contributed by atoms with Crippen molar-refractivity contribution >= 4 is 5.65 Å². The highest BCUT2D eigenvalue weighted by Crippen LogP contribution is 2.49. The fourth-order valence-corrected chi connectivity index (χ4v) is 4.63. The topological polar surface area (TPSA) is 95.9 Å². The first-order valence-electron chi connectivity index (χ1n) is 11.2. The fourth-order valence-electron chi connectivity index (χ4n) is 4.63. The van der Waals surface area contributed by atoms with Crippen LogP contribution in [0.15, 0.2) is 85.7 Å². The number of hydrogen-bond acceptors (Lipinski definition) is 7.